The van der Waals surface area contributed by atoms with Crippen LogP contribution < -0.4 is 11.1 Å². The van der Waals surface area contributed by atoms with Gasteiger partial charge >= 0.3 is 0 Å². The number of halogens is 2. The molecule has 0 atom stereocenters. The first kappa shape index (κ1) is 16.3. The molecular formula is C14H20Cl2N2O. The Balaban J connectivity index is 0.00000180. The number of amides is 1. The van der Waals surface area contributed by atoms with E-state index in [9.17, 15) is 4.79 Å². The highest BCUT2D eigenvalue weighted by molar-refractivity contribution is 6.30. The predicted molar refractivity (Wildman–Crippen MR) is 80.9 cm³/mol. The van der Waals surface area contributed by atoms with Crippen molar-refractivity contribution < 1.29 is 4.79 Å². The van der Waals surface area contributed by atoms with Crippen molar-refractivity contribution >= 4 is 29.9 Å². The van der Waals surface area contributed by atoms with Crippen molar-refractivity contribution in [2.24, 2.45) is 5.73 Å². The highest BCUT2D eigenvalue weighted by atomic mass is 35.5. The van der Waals surface area contributed by atoms with Gasteiger partial charge in [0.15, 0.2) is 0 Å². The first-order valence-corrected chi connectivity index (χ1v) is 6.55. The quantitative estimate of drug-likeness (QED) is 0.898. The molecule has 106 valence electrons. The fraction of sp³-hybridized carbons (Fsp3) is 0.500. The van der Waals surface area contributed by atoms with Crippen molar-refractivity contribution in [3.8, 4) is 0 Å². The third kappa shape index (κ3) is 3.85. The smallest absolute Gasteiger partial charge is 0.230 e. The average molecular weight is 303 g/mol. The van der Waals surface area contributed by atoms with Gasteiger partial charge in [-0.2, -0.15) is 0 Å². The van der Waals surface area contributed by atoms with E-state index in [2.05, 4.69) is 5.32 Å². The molecule has 0 aromatic heterocycles. The molecule has 1 aromatic carbocycles. The van der Waals surface area contributed by atoms with Crippen molar-refractivity contribution in [3.63, 3.8) is 0 Å². The topological polar surface area (TPSA) is 55.1 Å². The van der Waals surface area contributed by atoms with Crippen molar-refractivity contribution in [3.05, 3.63) is 34.9 Å². The summed E-state index contributed by atoms with van der Waals surface area (Å²) in [6.45, 7) is 4.27. The number of nitrogens with two attached hydrogens (primary N) is 1. The van der Waals surface area contributed by atoms with E-state index in [0.29, 0.717) is 11.6 Å². The van der Waals surface area contributed by atoms with Crippen molar-refractivity contribution in [1.82, 2.24) is 5.32 Å². The van der Waals surface area contributed by atoms with Gasteiger partial charge in [-0.05, 0) is 44.4 Å². The SMILES string of the molecule is CC(C)(N)CNC(=O)C1(c2cccc(Cl)c2)CC1.Cl. The first-order valence-electron chi connectivity index (χ1n) is 6.17. The highest BCUT2D eigenvalue weighted by Gasteiger charge is 2.51. The minimum absolute atomic E-state index is 0. The molecular weight excluding hydrogens is 283 g/mol. The van der Waals surface area contributed by atoms with E-state index in [4.69, 9.17) is 17.3 Å². The van der Waals surface area contributed by atoms with Crippen LogP contribution in [-0.2, 0) is 10.2 Å². The van der Waals surface area contributed by atoms with Gasteiger partial charge in [-0.3, -0.25) is 4.79 Å². The molecule has 19 heavy (non-hydrogen) atoms. The summed E-state index contributed by atoms with van der Waals surface area (Å²) in [5.41, 5.74) is 6.11. The molecule has 3 N–H and O–H groups in total. The molecule has 0 bridgehead atoms. The average Bonchev–Trinajstić information content (AvgIpc) is 3.06. The summed E-state index contributed by atoms with van der Waals surface area (Å²) in [6, 6.07) is 7.55. The van der Waals surface area contributed by atoms with Gasteiger partial charge in [0, 0.05) is 17.1 Å². The summed E-state index contributed by atoms with van der Waals surface area (Å²) in [4.78, 5) is 12.3. The molecule has 1 amide bonds. The molecule has 3 nitrogen and oxygen atoms in total. The normalized spacial score (nSPS) is 16.4. The zero-order valence-corrected chi connectivity index (χ0v) is 12.8. The third-order valence-corrected chi connectivity index (χ3v) is 3.50. The van der Waals surface area contributed by atoms with E-state index in [1.165, 1.54) is 0 Å². The maximum atomic E-state index is 12.3. The first-order chi connectivity index (χ1) is 8.33. The van der Waals surface area contributed by atoms with Crippen LogP contribution in [0.2, 0.25) is 5.02 Å². The lowest BCUT2D eigenvalue weighted by Crippen LogP contribution is -2.47. The van der Waals surface area contributed by atoms with E-state index in [1.807, 2.05) is 38.1 Å². The lowest BCUT2D eigenvalue weighted by Gasteiger charge is -2.22. The zero-order valence-electron chi connectivity index (χ0n) is 11.2. The van der Waals surface area contributed by atoms with Crippen molar-refractivity contribution in [2.45, 2.75) is 37.6 Å². The van der Waals surface area contributed by atoms with E-state index in [0.717, 1.165) is 18.4 Å². The Labute approximate surface area is 125 Å². The fourth-order valence-corrected chi connectivity index (χ4v) is 2.23. The van der Waals surface area contributed by atoms with E-state index >= 15 is 0 Å². The minimum atomic E-state index is -0.389. The monoisotopic (exact) mass is 302 g/mol. The predicted octanol–water partition coefficient (Wildman–Crippen LogP) is 2.65. The van der Waals surface area contributed by atoms with Crippen molar-refractivity contribution in [1.29, 1.82) is 0 Å². The minimum Gasteiger partial charge on any atom is -0.354 e. The number of carbonyl (C=O) groups is 1. The second-order valence-electron chi connectivity index (χ2n) is 5.76. The van der Waals surface area contributed by atoms with Crippen LogP contribution in [0.25, 0.3) is 0 Å². The molecule has 1 aliphatic carbocycles. The Morgan fingerprint density at radius 1 is 1.47 bits per heavy atom. The number of hydrogen-bond acceptors (Lipinski definition) is 2. The Kier molecular flexibility index (Phi) is 4.88. The highest BCUT2D eigenvalue weighted by Crippen LogP contribution is 2.48. The number of nitrogens with one attached hydrogen (secondary N) is 1. The molecule has 0 spiro atoms. The van der Waals surface area contributed by atoms with Crippen LogP contribution in [0.5, 0.6) is 0 Å². The molecule has 0 aliphatic heterocycles. The molecule has 0 heterocycles. The Bertz CT molecular complexity index is 465. The molecule has 1 aliphatic rings. The van der Waals surface area contributed by atoms with Gasteiger partial charge in [0.25, 0.3) is 0 Å². The second kappa shape index (κ2) is 5.70. The molecule has 0 unspecified atom stereocenters. The van der Waals surface area contributed by atoms with E-state index in [-0.39, 0.29) is 29.3 Å². The Morgan fingerprint density at radius 2 is 2.11 bits per heavy atom. The largest absolute Gasteiger partial charge is 0.354 e. The van der Waals surface area contributed by atoms with Crippen LogP contribution in [-0.4, -0.2) is 18.0 Å². The Hall–Kier alpha value is -0.770. The standard InChI is InChI=1S/C14H19ClN2O.ClH/c1-13(2,16)9-17-12(18)14(6-7-14)10-4-3-5-11(15)8-10;/h3-5,8H,6-7,9,16H2,1-2H3,(H,17,18);1H. The lowest BCUT2D eigenvalue weighted by molar-refractivity contribution is -0.123. The number of hydrogen-bond donors (Lipinski definition) is 2. The number of rotatable bonds is 4. The Morgan fingerprint density at radius 3 is 2.58 bits per heavy atom. The van der Waals surface area contributed by atoms with Crippen LogP contribution >= 0.6 is 24.0 Å². The van der Waals surface area contributed by atoms with Gasteiger partial charge in [0.05, 0.1) is 5.41 Å². The van der Waals surface area contributed by atoms with Gasteiger partial charge in [-0.1, -0.05) is 23.7 Å². The summed E-state index contributed by atoms with van der Waals surface area (Å²) in [5, 5.41) is 3.61. The number of carbonyl (C=O) groups excluding carboxylic acids is 1. The van der Waals surface area contributed by atoms with Gasteiger partial charge in [-0.25, -0.2) is 0 Å². The lowest BCUT2D eigenvalue weighted by atomic mass is 9.94. The van der Waals surface area contributed by atoms with Crippen LogP contribution in [0.15, 0.2) is 24.3 Å². The molecule has 1 aromatic rings. The molecule has 1 saturated carbocycles. The molecule has 5 heteroatoms. The molecule has 1 fully saturated rings. The van der Waals surface area contributed by atoms with E-state index in [1.54, 1.807) is 0 Å². The third-order valence-electron chi connectivity index (χ3n) is 3.27. The van der Waals surface area contributed by atoms with Crippen molar-refractivity contribution in [2.75, 3.05) is 6.54 Å². The molecule has 0 saturated heterocycles. The van der Waals surface area contributed by atoms with Crippen LogP contribution in [0.1, 0.15) is 32.3 Å². The number of benzene rings is 1. The molecule has 0 radical (unpaired) electrons. The summed E-state index contributed by atoms with van der Waals surface area (Å²) < 4.78 is 0. The van der Waals surface area contributed by atoms with E-state index < -0.39 is 0 Å². The maximum Gasteiger partial charge on any atom is 0.230 e. The summed E-state index contributed by atoms with van der Waals surface area (Å²) in [7, 11) is 0. The maximum absolute atomic E-state index is 12.3. The van der Waals surface area contributed by atoms with Crippen LogP contribution in [0.4, 0.5) is 0 Å². The fourth-order valence-electron chi connectivity index (χ4n) is 2.04. The van der Waals surface area contributed by atoms with Gasteiger partial charge in [-0.15, -0.1) is 12.4 Å². The van der Waals surface area contributed by atoms with Gasteiger partial charge < -0.3 is 11.1 Å². The van der Waals surface area contributed by atoms with Gasteiger partial charge in [0.2, 0.25) is 5.91 Å². The van der Waals surface area contributed by atoms with Crippen LogP contribution in [0, 0.1) is 0 Å². The molecule has 2 rings (SSSR count). The summed E-state index contributed by atoms with van der Waals surface area (Å²) >= 11 is 5.98. The summed E-state index contributed by atoms with van der Waals surface area (Å²) in [6.07, 6.45) is 1.76. The zero-order chi connectivity index (χ0) is 13.4. The van der Waals surface area contributed by atoms with Crippen LogP contribution in [0.3, 0.4) is 0 Å². The van der Waals surface area contributed by atoms with Gasteiger partial charge in [0.1, 0.15) is 0 Å². The second-order valence-corrected chi connectivity index (χ2v) is 6.20. The summed E-state index contributed by atoms with van der Waals surface area (Å²) in [5.74, 6) is 0.0586.